The molecule has 7 nitrogen and oxygen atoms in total. The molecule has 2 aromatic rings. The zero-order valence-corrected chi connectivity index (χ0v) is 16.5. The van der Waals surface area contributed by atoms with E-state index in [-0.39, 0.29) is 24.0 Å². The molecular weight excluding hydrogens is 419 g/mol. The van der Waals surface area contributed by atoms with Crippen LogP contribution in [0.3, 0.4) is 0 Å². The lowest BCUT2D eigenvalue weighted by atomic mass is 10.1. The maximum absolute atomic E-state index is 5.44. The lowest BCUT2D eigenvalue weighted by Gasteiger charge is -2.24. The summed E-state index contributed by atoms with van der Waals surface area (Å²) in [5.41, 5.74) is 0.880. The Morgan fingerprint density at radius 2 is 2.33 bits per heavy atom. The van der Waals surface area contributed by atoms with Crippen LogP contribution in [0, 0.1) is 5.92 Å². The Labute approximate surface area is 159 Å². The highest BCUT2D eigenvalue weighted by Crippen LogP contribution is 2.13. The number of aliphatic imine (C=N–C) groups is 1. The van der Waals surface area contributed by atoms with Gasteiger partial charge >= 0.3 is 0 Å². The van der Waals surface area contributed by atoms with Crippen LogP contribution in [-0.4, -0.2) is 65.9 Å². The Balaban J connectivity index is 0.00000208. The average molecular weight is 444 g/mol. The van der Waals surface area contributed by atoms with Gasteiger partial charge in [0.15, 0.2) is 11.6 Å². The van der Waals surface area contributed by atoms with Crippen LogP contribution < -0.4 is 5.32 Å². The second-order valence-electron chi connectivity index (χ2n) is 5.88. The molecule has 1 aliphatic heterocycles. The van der Waals surface area contributed by atoms with Gasteiger partial charge in [0.1, 0.15) is 5.82 Å². The Hall–Kier alpha value is -1.42. The number of rotatable bonds is 5. The molecule has 1 fully saturated rings. The molecule has 0 bridgehead atoms. The van der Waals surface area contributed by atoms with E-state index in [1.54, 1.807) is 0 Å². The summed E-state index contributed by atoms with van der Waals surface area (Å²) >= 11 is 0. The Bertz CT molecular complexity index is 667. The number of nitrogens with one attached hydrogen (secondary N) is 1. The maximum Gasteiger partial charge on any atom is 0.193 e. The van der Waals surface area contributed by atoms with Crippen LogP contribution in [0.1, 0.15) is 12.2 Å². The highest BCUT2D eigenvalue weighted by atomic mass is 127. The summed E-state index contributed by atoms with van der Waals surface area (Å²) in [6, 6.07) is 5.92. The van der Waals surface area contributed by atoms with Crippen molar-refractivity contribution in [2.45, 2.75) is 12.8 Å². The highest BCUT2D eigenvalue weighted by Gasteiger charge is 2.19. The van der Waals surface area contributed by atoms with Gasteiger partial charge in [0.2, 0.25) is 0 Å². The predicted molar refractivity (Wildman–Crippen MR) is 105 cm³/mol. The number of pyridine rings is 1. The van der Waals surface area contributed by atoms with Crippen molar-refractivity contribution in [1.29, 1.82) is 0 Å². The van der Waals surface area contributed by atoms with Gasteiger partial charge in [-0.2, -0.15) is 0 Å². The van der Waals surface area contributed by atoms with Crippen molar-refractivity contribution in [3.63, 3.8) is 0 Å². The second kappa shape index (κ2) is 9.16. The number of nitrogens with zero attached hydrogens (tertiary/aromatic N) is 5. The van der Waals surface area contributed by atoms with Crippen LogP contribution in [0.25, 0.3) is 5.65 Å². The van der Waals surface area contributed by atoms with Crippen LogP contribution in [0.15, 0.2) is 29.4 Å². The second-order valence-corrected chi connectivity index (χ2v) is 5.88. The van der Waals surface area contributed by atoms with Crippen molar-refractivity contribution in [2.24, 2.45) is 10.9 Å². The predicted octanol–water partition coefficient (Wildman–Crippen LogP) is 1.43. The standard InChI is InChI=1S/C16H24N6O.HI/c1-17-16(21(2)11-13-7-10-23-12-13)18-8-6-15-20-19-14-5-3-4-9-22(14)15;/h3-5,9,13H,6-8,10-12H2,1-2H3,(H,17,18);1H. The van der Waals surface area contributed by atoms with E-state index in [1.807, 2.05) is 35.8 Å². The molecule has 2 aromatic heterocycles. The van der Waals surface area contributed by atoms with Gasteiger partial charge in [-0.1, -0.05) is 6.07 Å². The van der Waals surface area contributed by atoms with Crippen molar-refractivity contribution in [2.75, 3.05) is 40.4 Å². The van der Waals surface area contributed by atoms with Gasteiger partial charge < -0.3 is 15.0 Å². The number of hydrogen-bond donors (Lipinski definition) is 1. The molecule has 0 aliphatic carbocycles. The third-order valence-corrected chi connectivity index (χ3v) is 4.15. The summed E-state index contributed by atoms with van der Waals surface area (Å²) in [5, 5.41) is 11.8. The van der Waals surface area contributed by atoms with E-state index < -0.39 is 0 Å². The molecule has 3 rings (SSSR count). The first kappa shape index (κ1) is 18.9. The van der Waals surface area contributed by atoms with E-state index in [9.17, 15) is 0 Å². The lowest BCUT2D eigenvalue weighted by Crippen LogP contribution is -2.42. The first-order valence-corrected chi connectivity index (χ1v) is 8.06. The number of ether oxygens (including phenoxy) is 1. The fourth-order valence-corrected chi connectivity index (χ4v) is 2.93. The minimum Gasteiger partial charge on any atom is -0.381 e. The molecule has 0 amide bonds. The molecule has 0 spiro atoms. The summed E-state index contributed by atoms with van der Waals surface area (Å²) in [7, 11) is 3.89. The van der Waals surface area contributed by atoms with E-state index in [4.69, 9.17) is 4.74 Å². The third-order valence-electron chi connectivity index (χ3n) is 4.15. The third kappa shape index (κ3) is 4.56. The summed E-state index contributed by atoms with van der Waals surface area (Å²) < 4.78 is 7.46. The molecule has 132 valence electrons. The number of hydrogen-bond acceptors (Lipinski definition) is 4. The number of aromatic nitrogens is 3. The van der Waals surface area contributed by atoms with Crippen molar-refractivity contribution in [3.8, 4) is 0 Å². The highest BCUT2D eigenvalue weighted by molar-refractivity contribution is 14.0. The summed E-state index contributed by atoms with van der Waals surface area (Å²) in [6.45, 7) is 3.47. The minimum absolute atomic E-state index is 0. The number of fused-ring (bicyclic) bond motifs is 1. The van der Waals surface area contributed by atoms with Gasteiger partial charge in [0.25, 0.3) is 0 Å². The molecule has 0 aromatic carbocycles. The Kier molecular flexibility index (Phi) is 7.22. The minimum atomic E-state index is 0. The van der Waals surface area contributed by atoms with Crippen molar-refractivity contribution >= 4 is 35.6 Å². The summed E-state index contributed by atoms with van der Waals surface area (Å²) in [5.74, 6) is 2.46. The lowest BCUT2D eigenvalue weighted by molar-refractivity contribution is 0.181. The van der Waals surface area contributed by atoms with Gasteiger partial charge in [-0.05, 0) is 18.6 Å². The number of guanidine groups is 1. The van der Waals surface area contributed by atoms with Gasteiger partial charge in [-0.25, -0.2) is 0 Å². The zero-order chi connectivity index (χ0) is 16.1. The molecule has 1 atom stereocenters. The van der Waals surface area contributed by atoms with Gasteiger partial charge in [0.05, 0.1) is 6.61 Å². The Morgan fingerprint density at radius 3 is 3.08 bits per heavy atom. The van der Waals surface area contributed by atoms with Crippen molar-refractivity contribution in [3.05, 3.63) is 30.2 Å². The fraction of sp³-hybridized carbons (Fsp3) is 0.562. The smallest absolute Gasteiger partial charge is 0.193 e. The normalized spacial score (nSPS) is 17.8. The van der Waals surface area contributed by atoms with Crippen LogP contribution in [0.4, 0.5) is 0 Å². The maximum atomic E-state index is 5.44. The fourth-order valence-electron chi connectivity index (χ4n) is 2.93. The zero-order valence-electron chi connectivity index (χ0n) is 14.2. The SMILES string of the molecule is CN=C(NCCc1nnc2ccccn12)N(C)CC1CCOC1.I. The molecule has 0 radical (unpaired) electrons. The van der Waals surface area contributed by atoms with Crippen LogP contribution in [0.2, 0.25) is 0 Å². The first-order chi connectivity index (χ1) is 11.3. The van der Waals surface area contributed by atoms with E-state index in [0.29, 0.717) is 5.92 Å². The van der Waals surface area contributed by atoms with E-state index >= 15 is 0 Å². The van der Waals surface area contributed by atoms with Crippen LogP contribution in [0.5, 0.6) is 0 Å². The van der Waals surface area contributed by atoms with Crippen LogP contribution in [-0.2, 0) is 11.2 Å². The van der Waals surface area contributed by atoms with E-state index in [2.05, 4.69) is 32.5 Å². The molecule has 1 N–H and O–H groups in total. The molecule has 3 heterocycles. The van der Waals surface area contributed by atoms with Crippen molar-refractivity contribution < 1.29 is 4.74 Å². The Morgan fingerprint density at radius 1 is 1.46 bits per heavy atom. The molecular formula is C16H25IN6O. The van der Waals surface area contributed by atoms with Crippen molar-refractivity contribution in [1.82, 2.24) is 24.8 Å². The largest absolute Gasteiger partial charge is 0.381 e. The topological polar surface area (TPSA) is 67.0 Å². The average Bonchev–Trinajstić information content (AvgIpc) is 3.21. The monoisotopic (exact) mass is 444 g/mol. The van der Waals surface area contributed by atoms with Gasteiger partial charge in [-0.3, -0.25) is 9.39 Å². The first-order valence-electron chi connectivity index (χ1n) is 8.06. The van der Waals surface area contributed by atoms with Gasteiger partial charge in [-0.15, -0.1) is 34.2 Å². The summed E-state index contributed by atoms with van der Waals surface area (Å²) in [6.07, 6.45) is 3.92. The number of halogens is 1. The molecule has 0 saturated carbocycles. The summed E-state index contributed by atoms with van der Waals surface area (Å²) in [4.78, 5) is 6.53. The van der Waals surface area contributed by atoms with Crippen LogP contribution >= 0.6 is 24.0 Å². The quantitative estimate of drug-likeness (QED) is 0.430. The van der Waals surface area contributed by atoms with E-state index in [0.717, 1.165) is 56.6 Å². The molecule has 1 aliphatic rings. The van der Waals surface area contributed by atoms with Gasteiger partial charge in [0, 0.05) is 52.3 Å². The van der Waals surface area contributed by atoms with E-state index in [1.165, 1.54) is 0 Å². The molecule has 24 heavy (non-hydrogen) atoms. The molecule has 8 heteroatoms. The molecule has 1 unspecified atom stereocenters. The molecule has 1 saturated heterocycles.